The smallest absolute Gasteiger partial charge is 0.337 e. The number of aromatic amines is 1. The van der Waals surface area contributed by atoms with Crippen LogP contribution in [0.1, 0.15) is 53.9 Å². The van der Waals surface area contributed by atoms with Crippen molar-refractivity contribution in [3.8, 4) is 0 Å². The van der Waals surface area contributed by atoms with Crippen molar-refractivity contribution in [3.63, 3.8) is 0 Å². The predicted molar refractivity (Wildman–Crippen MR) is 86.7 cm³/mol. The minimum Gasteiger partial charge on any atom is -0.465 e. The zero-order valence-corrected chi connectivity index (χ0v) is 12.7. The number of H-pyrrole nitrogens is 1. The number of rotatable bonds is 3. The first-order chi connectivity index (χ1) is 10.2. The van der Waals surface area contributed by atoms with Crippen LogP contribution in [0, 0.1) is 0 Å². The van der Waals surface area contributed by atoms with Crippen LogP contribution in [-0.4, -0.2) is 25.3 Å². The van der Waals surface area contributed by atoms with Crippen molar-refractivity contribution < 1.29 is 9.53 Å². The topological polar surface area (TPSA) is 42.1 Å². The number of ether oxygens (including phenoxy) is 1. The summed E-state index contributed by atoms with van der Waals surface area (Å²) >= 11 is 0. The molecule has 3 rings (SSSR count). The van der Waals surface area contributed by atoms with Gasteiger partial charge in [0.2, 0.25) is 0 Å². The van der Waals surface area contributed by atoms with Crippen LogP contribution in [-0.2, 0) is 4.74 Å². The van der Waals surface area contributed by atoms with Crippen molar-refractivity contribution in [3.05, 3.63) is 29.3 Å². The minimum atomic E-state index is -0.284. The van der Waals surface area contributed by atoms with Gasteiger partial charge in [0, 0.05) is 10.9 Å². The molecular formula is C17H21BNO2. The maximum absolute atomic E-state index is 11.7. The quantitative estimate of drug-likeness (QED) is 0.692. The lowest BCUT2D eigenvalue weighted by atomic mass is 9.71. The Labute approximate surface area is 126 Å². The normalized spacial score (nSPS) is 16.1. The van der Waals surface area contributed by atoms with Crippen LogP contribution in [0.3, 0.4) is 0 Å². The number of benzene rings is 1. The third-order valence-corrected chi connectivity index (χ3v) is 4.59. The number of nitrogens with one attached hydrogen (secondary N) is 1. The number of hydrogen-bond donors (Lipinski definition) is 1. The molecule has 1 aliphatic carbocycles. The van der Waals surface area contributed by atoms with Gasteiger partial charge in [-0.3, -0.25) is 0 Å². The number of aromatic nitrogens is 1. The lowest BCUT2D eigenvalue weighted by Crippen LogP contribution is -2.20. The van der Waals surface area contributed by atoms with Crippen LogP contribution in [0.4, 0.5) is 0 Å². The predicted octanol–water partition coefficient (Wildman–Crippen LogP) is 3.38. The molecule has 1 aromatic heterocycles. The summed E-state index contributed by atoms with van der Waals surface area (Å²) in [7, 11) is 3.56. The van der Waals surface area contributed by atoms with E-state index in [-0.39, 0.29) is 5.97 Å². The van der Waals surface area contributed by atoms with E-state index in [2.05, 4.69) is 25.2 Å². The average Bonchev–Trinajstić information content (AvgIpc) is 2.92. The highest BCUT2D eigenvalue weighted by Gasteiger charge is 2.22. The Bertz CT molecular complexity index is 656. The van der Waals surface area contributed by atoms with Crippen molar-refractivity contribution in [2.24, 2.45) is 0 Å². The summed E-state index contributed by atoms with van der Waals surface area (Å²) in [4.78, 5) is 15.1. The zero-order valence-electron chi connectivity index (χ0n) is 12.7. The fourth-order valence-corrected chi connectivity index (χ4v) is 3.54. The van der Waals surface area contributed by atoms with Gasteiger partial charge in [-0.05, 0) is 42.0 Å². The van der Waals surface area contributed by atoms with Gasteiger partial charge in [-0.15, -0.1) is 0 Å². The molecule has 21 heavy (non-hydrogen) atoms. The maximum atomic E-state index is 11.7. The Morgan fingerprint density at radius 1 is 1.29 bits per heavy atom. The second-order valence-corrected chi connectivity index (χ2v) is 5.83. The van der Waals surface area contributed by atoms with Crippen molar-refractivity contribution >= 4 is 29.7 Å². The van der Waals surface area contributed by atoms with Gasteiger partial charge in [-0.25, -0.2) is 4.79 Å². The Kier molecular flexibility index (Phi) is 4.04. The lowest BCUT2D eigenvalue weighted by Gasteiger charge is -2.22. The molecule has 0 spiro atoms. The average molecular weight is 282 g/mol. The van der Waals surface area contributed by atoms with Gasteiger partial charge in [0.25, 0.3) is 0 Å². The standard InChI is InChI=1S/C17H21BNO2/c1-18-16-15(11-6-4-3-5-7-11)13-9-8-12(17(20)21-2)10-14(13)19-16/h8-11,19H,3-7H2,1-2H3. The number of esters is 1. The first-order valence-corrected chi connectivity index (χ1v) is 7.78. The van der Waals surface area contributed by atoms with Crippen LogP contribution < -0.4 is 5.59 Å². The Balaban J connectivity index is 2.08. The molecule has 1 N–H and O–H groups in total. The SMILES string of the molecule is C[B]c1[nH]c2cc(C(=O)OC)ccc2c1C1CCCCC1. The summed E-state index contributed by atoms with van der Waals surface area (Å²) in [5, 5.41) is 1.25. The number of methoxy groups -OCH3 is 1. The van der Waals surface area contributed by atoms with E-state index in [0.717, 1.165) is 5.52 Å². The van der Waals surface area contributed by atoms with Crippen molar-refractivity contribution in [1.82, 2.24) is 4.98 Å². The molecule has 0 unspecified atom stereocenters. The maximum Gasteiger partial charge on any atom is 0.337 e. The first kappa shape index (κ1) is 14.2. The van der Waals surface area contributed by atoms with Crippen molar-refractivity contribution in [1.29, 1.82) is 0 Å². The molecule has 3 nitrogen and oxygen atoms in total. The summed E-state index contributed by atoms with van der Waals surface area (Å²) in [6.07, 6.45) is 6.54. The molecule has 1 aromatic carbocycles. The third kappa shape index (κ3) is 2.59. The van der Waals surface area contributed by atoms with Gasteiger partial charge in [0.05, 0.1) is 12.7 Å². The summed E-state index contributed by atoms with van der Waals surface area (Å²) in [5.74, 6) is 0.357. The number of hydrogen-bond acceptors (Lipinski definition) is 2. The molecule has 1 heterocycles. The molecule has 4 heteroatoms. The lowest BCUT2D eigenvalue weighted by molar-refractivity contribution is 0.0601. The van der Waals surface area contributed by atoms with E-state index in [1.54, 1.807) is 0 Å². The van der Waals surface area contributed by atoms with Crippen LogP contribution >= 0.6 is 0 Å². The Hall–Kier alpha value is -1.71. The summed E-state index contributed by atoms with van der Waals surface area (Å²) < 4.78 is 4.80. The van der Waals surface area contributed by atoms with Crippen molar-refractivity contribution in [2.75, 3.05) is 7.11 Å². The summed E-state index contributed by atoms with van der Waals surface area (Å²) in [6, 6.07) is 5.84. The fourth-order valence-electron chi connectivity index (χ4n) is 3.54. The number of fused-ring (bicyclic) bond motifs is 1. The van der Waals surface area contributed by atoms with E-state index < -0.39 is 0 Å². The van der Waals surface area contributed by atoms with E-state index in [1.807, 2.05) is 12.1 Å². The highest BCUT2D eigenvalue weighted by atomic mass is 16.5. The fraction of sp³-hybridized carbons (Fsp3) is 0.471. The van der Waals surface area contributed by atoms with E-state index >= 15 is 0 Å². The number of carbonyl (C=O) groups excluding carboxylic acids is 1. The molecule has 0 aliphatic heterocycles. The van der Waals surface area contributed by atoms with E-state index in [0.29, 0.717) is 11.5 Å². The first-order valence-electron chi connectivity index (χ1n) is 7.78. The second-order valence-electron chi connectivity index (χ2n) is 5.83. The number of carbonyl (C=O) groups is 1. The molecule has 109 valence electrons. The van der Waals surface area contributed by atoms with Gasteiger partial charge in [0.1, 0.15) is 0 Å². The van der Waals surface area contributed by atoms with Gasteiger partial charge in [0.15, 0.2) is 7.28 Å². The molecule has 2 aromatic rings. The molecular weight excluding hydrogens is 261 g/mol. The van der Waals surface area contributed by atoms with Crippen LogP contribution in [0.15, 0.2) is 18.2 Å². The molecule has 0 amide bonds. The molecule has 1 radical (unpaired) electrons. The largest absolute Gasteiger partial charge is 0.465 e. The van der Waals surface area contributed by atoms with Gasteiger partial charge in [-0.1, -0.05) is 32.2 Å². The monoisotopic (exact) mass is 282 g/mol. The van der Waals surface area contributed by atoms with Crippen LogP contribution in [0.5, 0.6) is 0 Å². The van der Waals surface area contributed by atoms with Crippen molar-refractivity contribution in [2.45, 2.75) is 44.8 Å². The summed E-state index contributed by atoms with van der Waals surface area (Å²) in [5.41, 5.74) is 4.28. The summed E-state index contributed by atoms with van der Waals surface area (Å²) in [6.45, 7) is 2.07. The zero-order chi connectivity index (χ0) is 14.8. The highest BCUT2D eigenvalue weighted by Crippen LogP contribution is 2.35. The molecule has 0 saturated heterocycles. The van der Waals surface area contributed by atoms with E-state index in [1.165, 1.54) is 55.8 Å². The highest BCUT2D eigenvalue weighted by molar-refractivity contribution is 6.52. The molecule has 1 saturated carbocycles. The minimum absolute atomic E-state index is 0.284. The molecule has 0 bridgehead atoms. The van der Waals surface area contributed by atoms with E-state index in [4.69, 9.17) is 4.74 Å². The Morgan fingerprint density at radius 3 is 2.71 bits per heavy atom. The van der Waals surface area contributed by atoms with Gasteiger partial charge < -0.3 is 9.72 Å². The van der Waals surface area contributed by atoms with Gasteiger partial charge >= 0.3 is 5.97 Å². The van der Waals surface area contributed by atoms with Crippen LogP contribution in [0.25, 0.3) is 10.9 Å². The second kappa shape index (κ2) is 5.96. The molecule has 1 aliphatic rings. The van der Waals surface area contributed by atoms with Gasteiger partial charge in [-0.2, -0.15) is 0 Å². The third-order valence-electron chi connectivity index (χ3n) is 4.59. The Morgan fingerprint density at radius 2 is 2.05 bits per heavy atom. The molecule has 1 fully saturated rings. The molecule has 0 atom stereocenters. The van der Waals surface area contributed by atoms with E-state index in [9.17, 15) is 4.79 Å². The van der Waals surface area contributed by atoms with Crippen LogP contribution in [0.2, 0.25) is 6.82 Å².